The molecule has 0 heterocycles. The predicted octanol–water partition coefficient (Wildman–Crippen LogP) is 21.5. The van der Waals surface area contributed by atoms with E-state index < -0.39 is 6.10 Å². The van der Waals surface area contributed by atoms with Gasteiger partial charge in [-0.15, -0.1) is 0 Å². The zero-order chi connectivity index (χ0) is 56.4. The van der Waals surface area contributed by atoms with Crippen molar-refractivity contribution < 1.29 is 28.6 Å². The fourth-order valence-electron chi connectivity index (χ4n) is 7.84. The number of carbonyl (C=O) groups excluding carboxylic acids is 3. The van der Waals surface area contributed by atoms with Gasteiger partial charge >= 0.3 is 17.9 Å². The average Bonchev–Trinajstić information content (AvgIpc) is 3.44. The van der Waals surface area contributed by atoms with Crippen molar-refractivity contribution in [3.05, 3.63) is 170 Å². The van der Waals surface area contributed by atoms with Crippen LogP contribution in [0.4, 0.5) is 0 Å². The minimum Gasteiger partial charge on any atom is -0.462 e. The lowest BCUT2D eigenvalue weighted by Crippen LogP contribution is -2.30. The predicted molar refractivity (Wildman–Crippen MR) is 338 cm³/mol. The Morgan fingerprint density at radius 2 is 0.513 bits per heavy atom. The van der Waals surface area contributed by atoms with Crippen molar-refractivity contribution in [3.63, 3.8) is 0 Å². The summed E-state index contributed by atoms with van der Waals surface area (Å²) in [5.74, 6) is -1.05. The zero-order valence-corrected chi connectivity index (χ0v) is 49.9. The lowest BCUT2D eigenvalue weighted by Gasteiger charge is -2.18. The lowest BCUT2D eigenvalue weighted by atomic mass is 10.1. The molecule has 0 bridgehead atoms. The van der Waals surface area contributed by atoms with Crippen LogP contribution in [0.5, 0.6) is 0 Å². The summed E-state index contributed by atoms with van der Waals surface area (Å²) in [6.45, 7) is 6.31. The van der Waals surface area contributed by atoms with E-state index in [1.165, 1.54) is 57.8 Å². The summed E-state index contributed by atoms with van der Waals surface area (Å²) in [7, 11) is 0. The van der Waals surface area contributed by atoms with Gasteiger partial charge in [-0.2, -0.15) is 0 Å². The van der Waals surface area contributed by atoms with Gasteiger partial charge in [0.2, 0.25) is 0 Å². The highest BCUT2D eigenvalue weighted by molar-refractivity contribution is 5.71. The molecular weight excluding hydrogens is 961 g/mol. The first kappa shape index (κ1) is 72.8. The first-order valence-corrected chi connectivity index (χ1v) is 31.1. The Hall–Kier alpha value is -5.23. The molecular formula is C72H112O6. The number of ether oxygens (including phenoxy) is 3. The third kappa shape index (κ3) is 61.6. The summed E-state index contributed by atoms with van der Waals surface area (Å²) >= 11 is 0. The first-order valence-electron chi connectivity index (χ1n) is 31.1. The normalized spacial score (nSPS) is 13.3. The van der Waals surface area contributed by atoms with E-state index in [2.05, 4.69) is 191 Å². The maximum absolute atomic E-state index is 12.9. The molecule has 0 N–H and O–H groups in total. The zero-order valence-electron chi connectivity index (χ0n) is 49.9. The third-order valence-electron chi connectivity index (χ3n) is 12.4. The maximum atomic E-state index is 12.9. The fraction of sp³-hybridized carbons (Fsp3) is 0.569. The standard InChI is InChI=1S/C72H112O6/c1-4-7-10-13-16-19-22-25-28-31-32-33-34-35-36-37-38-39-40-42-44-47-50-53-56-59-62-65-71(74)77-68-69(67-76-70(73)64-61-58-55-52-49-46-43-30-27-24-21-18-15-12-9-6-3)78-72(75)66-63-60-57-54-51-48-45-41-29-26-23-20-17-14-11-8-5-2/h7-8,10-11,16-17,19-20,25-26,28-30,32-33,35-36,38-39,42-45,48,50,53-54,57,69H,4-6,9,12-15,18,21-24,27,31,34,37,40-41,46-47,49,51-52,55-56,58-68H2,1-3H3/b10-7-,11-8-,19-16-,20-17-,28-25-,29-26-,33-32-,36-35-,39-38-,43-30-,44-42-,48-45-,53-50-,57-54-. The van der Waals surface area contributed by atoms with E-state index in [0.717, 1.165) is 135 Å². The summed E-state index contributed by atoms with van der Waals surface area (Å²) < 4.78 is 16.8. The summed E-state index contributed by atoms with van der Waals surface area (Å²) in [5, 5.41) is 0. The molecule has 0 amide bonds. The van der Waals surface area contributed by atoms with Crippen LogP contribution in [0.1, 0.15) is 245 Å². The highest BCUT2D eigenvalue weighted by atomic mass is 16.6. The molecule has 1 atom stereocenters. The molecule has 0 radical (unpaired) electrons. The fourth-order valence-corrected chi connectivity index (χ4v) is 7.84. The van der Waals surface area contributed by atoms with E-state index in [-0.39, 0.29) is 44.0 Å². The molecule has 0 rings (SSSR count). The van der Waals surface area contributed by atoms with Crippen molar-refractivity contribution in [1.82, 2.24) is 0 Å². The van der Waals surface area contributed by atoms with Crippen LogP contribution >= 0.6 is 0 Å². The number of hydrogen-bond donors (Lipinski definition) is 0. The quantitative estimate of drug-likeness (QED) is 0.0261. The number of rotatable bonds is 54. The molecule has 0 fully saturated rings. The number of hydrogen-bond acceptors (Lipinski definition) is 6. The number of esters is 3. The minimum atomic E-state index is -0.840. The average molecular weight is 1070 g/mol. The lowest BCUT2D eigenvalue weighted by molar-refractivity contribution is -0.167. The first-order chi connectivity index (χ1) is 38.5. The molecule has 0 saturated carbocycles. The van der Waals surface area contributed by atoms with Crippen LogP contribution < -0.4 is 0 Å². The second-order valence-electron chi connectivity index (χ2n) is 19.8. The summed E-state index contributed by atoms with van der Waals surface area (Å²) in [6.07, 6.45) is 95.0. The van der Waals surface area contributed by atoms with Crippen molar-refractivity contribution in [2.75, 3.05) is 13.2 Å². The Kier molecular flexibility index (Phi) is 60.0. The van der Waals surface area contributed by atoms with E-state index in [4.69, 9.17) is 14.2 Å². The Bertz CT molecular complexity index is 1810. The molecule has 6 nitrogen and oxygen atoms in total. The topological polar surface area (TPSA) is 78.9 Å². The van der Waals surface area contributed by atoms with Crippen molar-refractivity contribution in [2.45, 2.75) is 252 Å². The van der Waals surface area contributed by atoms with Gasteiger partial charge in [0.15, 0.2) is 6.10 Å². The van der Waals surface area contributed by atoms with Crippen LogP contribution in [-0.2, 0) is 28.6 Å². The Labute approximate surface area is 479 Å². The van der Waals surface area contributed by atoms with Crippen LogP contribution in [0.3, 0.4) is 0 Å². The third-order valence-corrected chi connectivity index (χ3v) is 12.4. The molecule has 0 spiro atoms. The van der Waals surface area contributed by atoms with E-state index in [1.54, 1.807) is 0 Å². The van der Waals surface area contributed by atoms with Crippen LogP contribution in [0.25, 0.3) is 0 Å². The van der Waals surface area contributed by atoms with E-state index in [1.807, 2.05) is 0 Å². The van der Waals surface area contributed by atoms with Gasteiger partial charge in [-0.1, -0.05) is 249 Å². The van der Waals surface area contributed by atoms with Crippen LogP contribution in [-0.4, -0.2) is 37.2 Å². The van der Waals surface area contributed by atoms with Gasteiger partial charge in [0.1, 0.15) is 13.2 Å². The molecule has 0 aliphatic rings. The summed E-state index contributed by atoms with van der Waals surface area (Å²) in [4.78, 5) is 38.2. The second-order valence-corrected chi connectivity index (χ2v) is 19.8. The van der Waals surface area contributed by atoms with Crippen LogP contribution in [0.15, 0.2) is 170 Å². The minimum absolute atomic E-state index is 0.127. The van der Waals surface area contributed by atoms with E-state index in [0.29, 0.717) is 19.3 Å². The maximum Gasteiger partial charge on any atom is 0.306 e. The SMILES string of the molecule is CC/C=C\C/C=C\C/C=C\C/C=C\C/C=C\C/C=C\C/C=C\C/C=C\CCCCC(=O)OCC(COC(=O)CCCCCCC/C=C\CCCCCCCCC)OC(=O)CCC/C=C\C/C=C\C/C=C\C/C=C\C/C=C\CC. The largest absolute Gasteiger partial charge is 0.462 e. The Balaban J connectivity index is 4.56. The molecule has 436 valence electrons. The molecule has 0 aliphatic carbocycles. The molecule has 1 unspecified atom stereocenters. The van der Waals surface area contributed by atoms with Crippen LogP contribution in [0, 0.1) is 0 Å². The highest BCUT2D eigenvalue weighted by Crippen LogP contribution is 2.13. The Morgan fingerprint density at radius 1 is 0.269 bits per heavy atom. The van der Waals surface area contributed by atoms with E-state index in [9.17, 15) is 14.4 Å². The smallest absolute Gasteiger partial charge is 0.306 e. The van der Waals surface area contributed by atoms with Gasteiger partial charge in [0, 0.05) is 19.3 Å². The second kappa shape index (κ2) is 64.3. The molecule has 0 aromatic rings. The van der Waals surface area contributed by atoms with Gasteiger partial charge in [0.25, 0.3) is 0 Å². The monoisotopic (exact) mass is 1070 g/mol. The van der Waals surface area contributed by atoms with Gasteiger partial charge in [-0.3, -0.25) is 14.4 Å². The summed E-state index contributed by atoms with van der Waals surface area (Å²) in [6, 6.07) is 0. The number of allylic oxidation sites excluding steroid dienone is 28. The molecule has 0 aromatic carbocycles. The van der Waals surface area contributed by atoms with Gasteiger partial charge in [0.05, 0.1) is 0 Å². The van der Waals surface area contributed by atoms with Gasteiger partial charge < -0.3 is 14.2 Å². The molecule has 0 aliphatic heterocycles. The van der Waals surface area contributed by atoms with Crippen molar-refractivity contribution in [3.8, 4) is 0 Å². The molecule has 6 heteroatoms. The Morgan fingerprint density at radius 3 is 0.859 bits per heavy atom. The molecule has 78 heavy (non-hydrogen) atoms. The number of unbranched alkanes of at least 4 members (excludes halogenated alkanes) is 15. The van der Waals surface area contributed by atoms with Crippen LogP contribution in [0.2, 0.25) is 0 Å². The number of carbonyl (C=O) groups is 3. The van der Waals surface area contributed by atoms with Gasteiger partial charge in [-0.25, -0.2) is 0 Å². The summed E-state index contributed by atoms with van der Waals surface area (Å²) in [5.41, 5.74) is 0. The van der Waals surface area contributed by atoms with Crippen molar-refractivity contribution in [2.24, 2.45) is 0 Å². The van der Waals surface area contributed by atoms with Crippen molar-refractivity contribution >= 4 is 17.9 Å². The molecule has 0 saturated heterocycles. The van der Waals surface area contributed by atoms with Crippen molar-refractivity contribution in [1.29, 1.82) is 0 Å². The van der Waals surface area contributed by atoms with Gasteiger partial charge in [-0.05, 0) is 148 Å². The van der Waals surface area contributed by atoms with E-state index >= 15 is 0 Å². The molecule has 0 aromatic heterocycles. The highest BCUT2D eigenvalue weighted by Gasteiger charge is 2.19.